The Bertz CT molecular complexity index is 1180. The van der Waals surface area contributed by atoms with Gasteiger partial charge in [0.25, 0.3) is 5.91 Å². The van der Waals surface area contributed by atoms with Crippen molar-refractivity contribution in [3.8, 4) is 28.7 Å². The first kappa shape index (κ1) is 20.3. The second kappa shape index (κ2) is 8.83. The van der Waals surface area contributed by atoms with E-state index in [1.807, 2.05) is 62.4 Å². The van der Waals surface area contributed by atoms with Crippen LogP contribution in [0.3, 0.4) is 0 Å². The van der Waals surface area contributed by atoms with Crippen LogP contribution >= 0.6 is 0 Å². The molecule has 0 saturated heterocycles. The quantitative estimate of drug-likeness (QED) is 0.469. The molecule has 3 aromatic carbocycles. The molecule has 31 heavy (non-hydrogen) atoms. The van der Waals surface area contributed by atoms with E-state index in [1.165, 1.54) is 0 Å². The monoisotopic (exact) mass is 413 g/mol. The molecule has 6 nitrogen and oxygen atoms in total. The molecule has 4 rings (SSSR count). The third kappa shape index (κ3) is 4.48. The molecule has 1 amide bonds. The number of aryl methyl sites for hydroxylation is 1. The number of nitrogens with zero attached hydrogens (tertiary/aromatic N) is 2. The molecule has 4 aromatic rings. The van der Waals surface area contributed by atoms with Crippen LogP contribution in [0.2, 0.25) is 0 Å². The smallest absolute Gasteiger partial charge is 0.251 e. The largest absolute Gasteiger partial charge is 0.496 e. The minimum atomic E-state index is -0.198. The molecule has 1 N–H and O–H groups in total. The van der Waals surface area contributed by atoms with Crippen molar-refractivity contribution in [2.24, 2.45) is 0 Å². The Morgan fingerprint density at radius 3 is 2.10 bits per heavy atom. The molecule has 0 aliphatic heterocycles. The maximum absolute atomic E-state index is 12.7. The van der Waals surface area contributed by atoms with Gasteiger partial charge in [-0.2, -0.15) is 0 Å². The van der Waals surface area contributed by atoms with Crippen LogP contribution in [0.5, 0.6) is 5.75 Å². The van der Waals surface area contributed by atoms with Crippen LogP contribution in [-0.4, -0.2) is 23.2 Å². The van der Waals surface area contributed by atoms with Gasteiger partial charge in [0.2, 0.25) is 11.8 Å². The molecule has 1 heterocycles. The van der Waals surface area contributed by atoms with E-state index in [0.29, 0.717) is 17.3 Å². The second-order valence-corrected chi connectivity index (χ2v) is 7.29. The number of carbonyl (C=O) groups is 1. The second-order valence-electron chi connectivity index (χ2n) is 7.29. The topological polar surface area (TPSA) is 77.2 Å². The van der Waals surface area contributed by atoms with Crippen LogP contribution in [0.15, 0.2) is 77.2 Å². The first-order valence-corrected chi connectivity index (χ1v) is 10.00. The Hall–Kier alpha value is -3.93. The van der Waals surface area contributed by atoms with Crippen molar-refractivity contribution >= 4 is 5.91 Å². The highest BCUT2D eigenvalue weighted by atomic mass is 16.5. The molecule has 6 heteroatoms. The highest BCUT2D eigenvalue weighted by molar-refractivity contribution is 5.94. The molecule has 0 aliphatic carbocycles. The molecule has 1 atom stereocenters. The van der Waals surface area contributed by atoms with Gasteiger partial charge in [0.1, 0.15) is 5.75 Å². The Labute approximate surface area is 180 Å². The van der Waals surface area contributed by atoms with E-state index >= 15 is 0 Å². The summed E-state index contributed by atoms with van der Waals surface area (Å²) in [6, 6.07) is 22.4. The Morgan fingerprint density at radius 1 is 0.903 bits per heavy atom. The van der Waals surface area contributed by atoms with Gasteiger partial charge in [0, 0.05) is 22.3 Å². The number of aromatic nitrogens is 2. The summed E-state index contributed by atoms with van der Waals surface area (Å²) in [5, 5.41) is 11.3. The van der Waals surface area contributed by atoms with Crippen molar-refractivity contribution in [3.05, 3.63) is 89.5 Å². The molecule has 0 fully saturated rings. The maximum Gasteiger partial charge on any atom is 0.251 e. The lowest BCUT2D eigenvalue weighted by atomic mass is 10.1. The van der Waals surface area contributed by atoms with Crippen molar-refractivity contribution in [1.82, 2.24) is 15.5 Å². The first-order chi connectivity index (χ1) is 15.0. The zero-order chi connectivity index (χ0) is 21.8. The zero-order valence-corrected chi connectivity index (χ0v) is 17.6. The fourth-order valence-electron chi connectivity index (χ4n) is 3.30. The average molecular weight is 413 g/mol. The molecule has 156 valence electrons. The number of ether oxygens (including phenoxy) is 1. The standard InChI is InChI=1S/C25H23N3O3/c1-16-8-10-19(11-9-16)24-27-28-25(31-24)20-14-12-18(13-15-20)23(29)26-17(2)21-6-4-5-7-22(21)30-3/h4-15,17H,1-3H3,(H,26,29). The number of para-hydroxylation sites is 1. The van der Waals surface area contributed by atoms with Gasteiger partial charge in [-0.05, 0) is 56.3 Å². The van der Waals surface area contributed by atoms with Crippen LogP contribution in [0, 0.1) is 6.92 Å². The number of carbonyl (C=O) groups excluding carboxylic acids is 1. The summed E-state index contributed by atoms with van der Waals surface area (Å²) in [6.45, 7) is 3.95. The predicted octanol–water partition coefficient (Wildman–Crippen LogP) is 5.21. The van der Waals surface area contributed by atoms with Crippen LogP contribution in [-0.2, 0) is 0 Å². The van der Waals surface area contributed by atoms with E-state index in [-0.39, 0.29) is 11.9 Å². The van der Waals surface area contributed by atoms with Crippen molar-refractivity contribution in [2.45, 2.75) is 19.9 Å². The highest BCUT2D eigenvalue weighted by Gasteiger charge is 2.16. The summed E-state index contributed by atoms with van der Waals surface area (Å²) in [7, 11) is 1.62. The van der Waals surface area contributed by atoms with Gasteiger partial charge in [0.15, 0.2) is 0 Å². The van der Waals surface area contributed by atoms with Crippen molar-refractivity contribution in [3.63, 3.8) is 0 Å². The lowest BCUT2D eigenvalue weighted by Gasteiger charge is -2.17. The molecule has 1 unspecified atom stereocenters. The summed E-state index contributed by atoms with van der Waals surface area (Å²) < 4.78 is 11.2. The van der Waals surface area contributed by atoms with Gasteiger partial charge in [-0.3, -0.25) is 4.79 Å². The van der Waals surface area contributed by atoms with E-state index in [2.05, 4.69) is 15.5 Å². The van der Waals surface area contributed by atoms with Gasteiger partial charge in [0.05, 0.1) is 13.2 Å². The molecule has 0 spiro atoms. The third-order valence-electron chi connectivity index (χ3n) is 5.07. The van der Waals surface area contributed by atoms with Crippen molar-refractivity contribution < 1.29 is 13.9 Å². The molecule has 0 bridgehead atoms. The normalized spacial score (nSPS) is 11.7. The number of hydrogen-bond donors (Lipinski definition) is 1. The molecular weight excluding hydrogens is 390 g/mol. The van der Waals surface area contributed by atoms with Gasteiger partial charge < -0.3 is 14.5 Å². The van der Waals surface area contributed by atoms with Crippen molar-refractivity contribution in [1.29, 1.82) is 0 Å². The maximum atomic E-state index is 12.7. The van der Waals surface area contributed by atoms with Gasteiger partial charge in [-0.15, -0.1) is 10.2 Å². The molecule has 1 aromatic heterocycles. The Balaban J connectivity index is 1.47. The molecular formula is C25H23N3O3. The lowest BCUT2D eigenvalue weighted by Crippen LogP contribution is -2.26. The van der Waals surface area contributed by atoms with Crippen LogP contribution in [0.1, 0.15) is 34.5 Å². The van der Waals surface area contributed by atoms with Crippen LogP contribution in [0.4, 0.5) is 0 Å². The number of methoxy groups -OCH3 is 1. The average Bonchev–Trinajstić information content (AvgIpc) is 3.30. The number of nitrogens with one attached hydrogen (secondary N) is 1. The van der Waals surface area contributed by atoms with E-state index < -0.39 is 0 Å². The van der Waals surface area contributed by atoms with E-state index in [9.17, 15) is 4.79 Å². The summed E-state index contributed by atoms with van der Waals surface area (Å²) in [5.41, 5.74) is 4.25. The van der Waals surface area contributed by atoms with Crippen molar-refractivity contribution in [2.75, 3.05) is 7.11 Å². The number of amides is 1. The fraction of sp³-hybridized carbons (Fsp3) is 0.160. The van der Waals surface area contributed by atoms with E-state index in [1.54, 1.807) is 31.4 Å². The van der Waals surface area contributed by atoms with E-state index in [0.717, 1.165) is 28.0 Å². The van der Waals surface area contributed by atoms with Gasteiger partial charge in [-0.1, -0.05) is 35.9 Å². The Morgan fingerprint density at radius 2 is 1.48 bits per heavy atom. The summed E-state index contributed by atoms with van der Waals surface area (Å²) in [5.74, 6) is 1.44. The number of rotatable bonds is 6. The van der Waals surface area contributed by atoms with Gasteiger partial charge >= 0.3 is 0 Å². The fourth-order valence-corrected chi connectivity index (χ4v) is 3.30. The lowest BCUT2D eigenvalue weighted by molar-refractivity contribution is 0.0939. The minimum Gasteiger partial charge on any atom is -0.496 e. The van der Waals surface area contributed by atoms with E-state index in [4.69, 9.17) is 9.15 Å². The SMILES string of the molecule is COc1ccccc1C(C)NC(=O)c1ccc(-c2nnc(-c3ccc(C)cc3)o2)cc1. The summed E-state index contributed by atoms with van der Waals surface area (Å²) >= 11 is 0. The third-order valence-corrected chi connectivity index (χ3v) is 5.07. The first-order valence-electron chi connectivity index (χ1n) is 10.00. The van der Waals surface area contributed by atoms with Crippen LogP contribution in [0.25, 0.3) is 22.9 Å². The molecule has 0 radical (unpaired) electrons. The zero-order valence-electron chi connectivity index (χ0n) is 17.6. The number of benzene rings is 3. The predicted molar refractivity (Wildman–Crippen MR) is 119 cm³/mol. The minimum absolute atomic E-state index is 0.171. The molecule has 0 saturated carbocycles. The van der Waals surface area contributed by atoms with Crippen LogP contribution < -0.4 is 10.1 Å². The molecule has 0 aliphatic rings. The highest BCUT2D eigenvalue weighted by Crippen LogP contribution is 2.26. The summed E-state index contributed by atoms with van der Waals surface area (Å²) in [6.07, 6.45) is 0. The summed E-state index contributed by atoms with van der Waals surface area (Å²) in [4.78, 5) is 12.7. The number of hydrogen-bond acceptors (Lipinski definition) is 5. The Kier molecular flexibility index (Phi) is 5.80. The van der Waals surface area contributed by atoms with Gasteiger partial charge in [-0.25, -0.2) is 0 Å².